The third-order valence-electron chi connectivity index (χ3n) is 2.43. The summed E-state index contributed by atoms with van der Waals surface area (Å²) in [6, 6.07) is 0. The van der Waals surface area contributed by atoms with Crippen molar-refractivity contribution in [2.75, 3.05) is 20.6 Å². The molecule has 0 heterocycles. The minimum atomic E-state index is 0.0184. The Morgan fingerprint density at radius 1 is 1.38 bits per heavy atom. The van der Waals surface area contributed by atoms with Crippen molar-refractivity contribution in [3.8, 4) is 0 Å². The topological polar surface area (TPSA) is 32.3 Å². The Morgan fingerprint density at radius 3 is 2.15 bits per heavy atom. The van der Waals surface area contributed by atoms with Gasteiger partial charge in [0, 0.05) is 18.0 Å². The van der Waals surface area contributed by atoms with Crippen LogP contribution in [0.3, 0.4) is 0 Å². The van der Waals surface area contributed by atoms with Gasteiger partial charge in [-0.3, -0.25) is 4.79 Å². The zero-order chi connectivity index (χ0) is 10.6. The summed E-state index contributed by atoms with van der Waals surface area (Å²) in [7, 11) is 4.03. The number of likely N-dealkylation sites (N-methyl/N-ethyl adjacent to an activating group) is 1. The summed E-state index contributed by atoms with van der Waals surface area (Å²) >= 11 is 0. The Bertz CT molecular complexity index is 174. The van der Waals surface area contributed by atoms with Gasteiger partial charge in [-0.15, -0.1) is 0 Å². The lowest BCUT2D eigenvalue weighted by Gasteiger charge is -2.32. The Morgan fingerprint density at radius 2 is 1.85 bits per heavy atom. The fourth-order valence-electron chi connectivity index (χ4n) is 0.666. The van der Waals surface area contributed by atoms with Crippen molar-refractivity contribution in [1.29, 1.82) is 0 Å². The summed E-state index contributed by atoms with van der Waals surface area (Å²) in [5.74, 6) is 0.188. The van der Waals surface area contributed by atoms with Gasteiger partial charge in [-0.05, 0) is 27.9 Å². The third kappa shape index (κ3) is 4.27. The molecule has 0 atom stereocenters. The predicted molar refractivity (Wildman–Crippen MR) is 55.6 cm³/mol. The average Bonchev–Trinajstić information content (AvgIpc) is 1.99. The Kier molecular flexibility index (Phi) is 4.40. The van der Waals surface area contributed by atoms with Crippen LogP contribution >= 0.6 is 0 Å². The number of hydrogen-bond donors (Lipinski definition) is 1. The van der Waals surface area contributed by atoms with Crippen molar-refractivity contribution in [2.24, 2.45) is 5.92 Å². The molecule has 78 valence electrons. The Labute approximate surface area is 81.5 Å². The zero-order valence-corrected chi connectivity index (χ0v) is 9.64. The van der Waals surface area contributed by atoms with E-state index in [2.05, 4.69) is 24.1 Å². The van der Waals surface area contributed by atoms with Crippen LogP contribution in [0.5, 0.6) is 0 Å². The molecule has 0 spiro atoms. The van der Waals surface area contributed by atoms with Crippen molar-refractivity contribution >= 4 is 5.91 Å². The first kappa shape index (κ1) is 12.4. The monoisotopic (exact) mass is 186 g/mol. The Balaban J connectivity index is 3.95. The highest BCUT2D eigenvalue weighted by Crippen LogP contribution is 2.08. The SMILES string of the molecule is CC(C)C(=O)NCC(C)(C)N(C)C. The quantitative estimate of drug-likeness (QED) is 0.713. The molecule has 3 heteroatoms. The summed E-state index contributed by atoms with van der Waals surface area (Å²) in [6.45, 7) is 8.70. The van der Waals surface area contributed by atoms with E-state index in [1.54, 1.807) is 0 Å². The van der Waals surface area contributed by atoms with Gasteiger partial charge in [-0.1, -0.05) is 13.8 Å². The Hall–Kier alpha value is -0.570. The van der Waals surface area contributed by atoms with Crippen LogP contribution in [0.2, 0.25) is 0 Å². The van der Waals surface area contributed by atoms with Crippen LogP contribution in [0.15, 0.2) is 0 Å². The molecular formula is C10H22N2O. The second-order valence-corrected chi connectivity index (χ2v) is 4.58. The summed E-state index contributed by atoms with van der Waals surface area (Å²) in [5.41, 5.74) is 0.0184. The molecule has 0 saturated carbocycles. The van der Waals surface area contributed by atoms with Gasteiger partial charge in [0.1, 0.15) is 0 Å². The number of carbonyl (C=O) groups excluding carboxylic acids is 1. The van der Waals surface area contributed by atoms with E-state index in [1.165, 1.54) is 0 Å². The molecule has 1 N–H and O–H groups in total. The van der Waals surface area contributed by atoms with Crippen molar-refractivity contribution in [1.82, 2.24) is 10.2 Å². The normalized spacial score (nSPS) is 12.3. The van der Waals surface area contributed by atoms with E-state index in [4.69, 9.17) is 0 Å². The third-order valence-corrected chi connectivity index (χ3v) is 2.43. The van der Waals surface area contributed by atoms with Crippen LogP contribution in [0.4, 0.5) is 0 Å². The van der Waals surface area contributed by atoms with E-state index >= 15 is 0 Å². The number of carbonyl (C=O) groups is 1. The molecule has 0 aliphatic heterocycles. The molecule has 0 saturated heterocycles. The molecule has 0 bridgehead atoms. The van der Waals surface area contributed by atoms with E-state index in [1.807, 2.05) is 27.9 Å². The number of nitrogens with one attached hydrogen (secondary N) is 1. The van der Waals surface area contributed by atoms with Gasteiger partial charge in [-0.2, -0.15) is 0 Å². The molecule has 3 nitrogen and oxygen atoms in total. The number of amides is 1. The first-order valence-electron chi connectivity index (χ1n) is 4.72. The van der Waals surface area contributed by atoms with Crippen LogP contribution in [-0.2, 0) is 4.79 Å². The van der Waals surface area contributed by atoms with Crippen molar-refractivity contribution in [3.63, 3.8) is 0 Å². The highest BCUT2D eigenvalue weighted by atomic mass is 16.1. The molecule has 0 aliphatic carbocycles. The van der Waals surface area contributed by atoms with Gasteiger partial charge >= 0.3 is 0 Å². The van der Waals surface area contributed by atoms with Gasteiger partial charge in [-0.25, -0.2) is 0 Å². The number of rotatable bonds is 4. The molecule has 13 heavy (non-hydrogen) atoms. The lowest BCUT2D eigenvalue weighted by atomic mass is 10.0. The molecule has 1 amide bonds. The van der Waals surface area contributed by atoms with Crippen LogP contribution < -0.4 is 5.32 Å². The maximum atomic E-state index is 11.3. The predicted octanol–water partition coefficient (Wildman–Crippen LogP) is 1.10. The minimum absolute atomic E-state index is 0.0184. The van der Waals surface area contributed by atoms with Gasteiger partial charge in [0.15, 0.2) is 0 Å². The van der Waals surface area contributed by atoms with Crippen LogP contribution in [0, 0.1) is 5.92 Å². The van der Waals surface area contributed by atoms with Gasteiger partial charge in [0.2, 0.25) is 5.91 Å². The van der Waals surface area contributed by atoms with Crippen molar-refractivity contribution in [2.45, 2.75) is 33.2 Å². The van der Waals surface area contributed by atoms with Crippen molar-refractivity contribution < 1.29 is 4.79 Å². The summed E-state index contributed by atoms with van der Waals surface area (Å²) < 4.78 is 0. The lowest BCUT2D eigenvalue weighted by molar-refractivity contribution is -0.124. The van der Waals surface area contributed by atoms with Gasteiger partial charge < -0.3 is 10.2 Å². The van der Waals surface area contributed by atoms with Gasteiger partial charge in [0.05, 0.1) is 0 Å². The largest absolute Gasteiger partial charge is 0.354 e. The number of hydrogen-bond acceptors (Lipinski definition) is 2. The van der Waals surface area contributed by atoms with Crippen LogP contribution in [0.25, 0.3) is 0 Å². The smallest absolute Gasteiger partial charge is 0.222 e. The fraction of sp³-hybridized carbons (Fsp3) is 0.900. The molecule has 0 radical (unpaired) electrons. The average molecular weight is 186 g/mol. The van der Waals surface area contributed by atoms with Gasteiger partial charge in [0.25, 0.3) is 0 Å². The molecule has 0 aromatic heterocycles. The highest BCUT2D eigenvalue weighted by molar-refractivity contribution is 5.77. The molecular weight excluding hydrogens is 164 g/mol. The van der Waals surface area contributed by atoms with Crippen molar-refractivity contribution in [3.05, 3.63) is 0 Å². The molecule has 0 rings (SSSR count). The maximum absolute atomic E-state index is 11.3. The molecule has 0 fully saturated rings. The molecule has 0 aromatic carbocycles. The summed E-state index contributed by atoms with van der Waals surface area (Å²) in [6.07, 6.45) is 0. The highest BCUT2D eigenvalue weighted by Gasteiger charge is 2.21. The second-order valence-electron chi connectivity index (χ2n) is 4.58. The maximum Gasteiger partial charge on any atom is 0.222 e. The van der Waals surface area contributed by atoms with Crippen LogP contribution in [0.1, 0.15) is 27.7 Å². The van der Waals surface area contributed by atoms with Crippen LogP contribution in [-0.4, -0.2) is 37.0 Å². The first-order valence-corrected chi connectivity index (χ1v) is 4.72. The first-order chi connectivity index (χ1) is 5.77. The second kappa shape index (κ2) is 4.61. The van der Waals surface area contributed by atoms with E-state index < -0.39 is 0 Å². The van der Waals surface area contributed by atoms with E-state index in [-0.39, 0.29) is 17.4 Å². The molecule has 0 unspecified atom stereocenters. The molecule has 0 aliphatic rings. The number of nitrogens with zero attached hydrogens (tertiary/aromatic N) is 1. The summed E-state index contributed by atoms with van der Waals surface area (Å²) in [5, 5.41) is 2.92. The minimum Gasteiger partial charge on any atom is -0.354 e. The lowest BCUT2D eigenvalue weighted by Crippen LogP contribution is -2.48. The van der Waals surface area contributed by atoms with E-state index in [0.717, 1.165) is 0 Å². The fourth-order valence-corrected chi connectivity index (χ4v) is 0.666. The standard InChI is InChI=1S/C10H22N2O/c1-8(2)9(13)11-7-10(3,4)12(5)6/h8H,7H2,1-6H3,(H,11,13). The zero-order valence-electron chi connectivity index (χ0n) is 9.64. The molecule has 0 aromatic rings. The summed E-state index contributed by atoms with van der Waals surface area (Å²) in [4.78, 5) is 13.4. The van der Waals surface area contributed by atoms with E-state index in [0.29, 0.717) is 6.54 Å². The van der Waals surface area contributed by atoms with E-state index in [9.17, 15) is 4.79 Å².